The van der Waals surface area contributed by atoms with Crippen molar-refractivity contribution in [3.63, 3.8) is 0 Å². The second-order valence-electron chi connectivity index (χ2n) is 6.20. The number of anilines is 1. The topological polar surface area (TPSA) is 84.2 Å². The Labute approximate surface area is 168 Å². The van der Waals surface area contributed by atoms with Gasteiger partial charge in [-0.3, -0.25) is 4.79 Å². The van der Waals surface area contributed by atoms with Crippen LogP contribution in [0.1, 0.15) is 17.5 Å². The number of aryl methyl sites for hydroxylation is 2. The number of carbonyl (C=O) groups excluding carboxylic acids is 2. The van der Waals surface area contributed by atoms with E-state index in [0.717, 1.165) is 10.6 Å². The van der Waals surface area contributed by atoms with E-state index in [4.69, 9.17) is 5.73 Å². The van der Waals surface area contributed by atoms with Crippen LogP contribution in [0.25, 0.3) is 0 Å². The highest BCUT2D eigenvalue weighted by atomic mass is 32.2. The lowest BCUT2D eigenvalue weighted by Crippen LogP contribution is -2.46. The van der Waals surface area contributed by atoms with Crippen molar-refractivity contribution in [2.45, 2.75) is 36.1 Å². The Hall–Kier alpha value is -2.12. The average Bonchev–Trinajstić information content (AvgIpc) is 2.63. The average molecular weight is 404 g/mol. The number of amides is 3. The summed E-state index contributed by atoms with van der Waals surface area (Å²) in [4.78, 5) is 25.8. The lowest BCUT2D eigenvalue weighted by atomic mass is 10.1. The first-order chi connectivity index (χ1) is 12.9. The van der Waals surface area contributed by atoms with E-state index in [1.807, 2.05) is 30.5 Å². The van der Waals surface area contributed by atoms with Gasteiger partial charge in [0.25, 0.3) is 0 Å². The van der Waals surface area contributed by atoms with E-state index in [9.17, 15) is 9.59 Å². The molecule has 7 heteroatoms. The molecule has 2 rings (SSSR count). The number of urea groups is 1. The Bertz CT molecular complexity index is 794. The van der Waals surface area contributed by atoms with Crippen LogP contribution in [0.2, 0.25) is 0 Å². The Morgan fingerprint density at radius 2 is 1.70 bits per heavy atom. The van der Waals surface area contributed by atoms with Crippen LogP contribution in [0.5, 0.6) is 0 Å². The smallest absolute Gasteiger partial charge is 0.312 e. The molecule has 27 heavy (non-hydrogen) atoms. The molecule has 0 fully saturated rings. The van der Waals surface area contributed by atoms with E-state index in [2.05, 4.69) is 42.7 Å². The Morgan fingerprint density at radius 1 is 1.04 bits per heavy atom. The summed E-state index contributed by atoms with van der Waals surface area (Å²) in [6.07, 6.45) is 2.47. The van der Waals surface area contributed by atoms with Crippen LogP contribution in [-0.2, 0) is 4.79 Å². The van der Waals surface area contributed by atoms with Crippen molar-refractivity contribution in [3.8, 4) is 0 Å². The van der Waals surface area contributed by atoms with Crippen molar-refractivity contribution in [3.05, 3.63) is 53.6 Å². The number of hydrogen-bond donors (Lipinski definition) is 3. The maximum absolute atomic E-state index is 12.4. The molecule has 0 saturated carbocycles. The molecule has 1 unspecified atom stereocenters. The number of primary amides is 1. The van der Waals surface area contributed by atoms with Gasteiger partial charge in [-0.15, -0.1) is 0 Å². The number of benzene rings is 2. The predicted molar refractivity (Wildman–Crippen MR) is 115 cm³/mol. The number of rotatable bonds is 8. The van der Waals surface area contributed by atoms with Crippen molar-refractivity contribution < 1.29 is 9.59 Å². The number of hydrogen-bond acceptors (Lipinski definition) is 4. The van der Waals surface area contributed by atoms with Crippen LogP contribution in [0, 0.1) is 13.8 Å². The van der Waals surface area contributed by atoms with Crippen molar-refractivity contribution in [2.24, 2.45) is 5.73 Å². The maximum atomic E-state index is 12.4. The normalized spacial score (nSPS) is 11.7. The Kier molecular flexibility index (Phi) is 8.06. The van der Waals surface area contributed by atoms with Gasteiger partial charge in [-0.2, -0.15) is 11.8 Å². The number of thioether (sulfide) groups is 1. The molecule has 2 aromatic carbocycles. The molecule has 0 spiro atoms. The van der Waals surface area contributed by atoms with Crippen LogP contribution in [-0.4, -0.2) is 30.0 Å². The van der Waals surface area contributed by atoms with E-state index < -0.39 is 12.1 Å². The lowest BCUT2D eigenvalue weighted by Gasteiger charge is -2.17. The number of carbonyl (C=O) groups is 2. The van der Waals surface area contributed by atoms with Gasteiger partial charge in [-0.05, 0) is 79.8 Å². The minimum atomic E-state index is -0.698. The van der Waals surface area contributed by atoms with Crippen LogP contribution in [0.3, 0.4) is 0 Å². The minimum Gasteiger partial charge on any atom is -0.352 e. The fourth-order valence-electron chi connectivity index (χ4n) is 2.43. The van der Waals surface area contributed by atoms with Crippen LogP contribution >= 0.6 is 23.5 Å². The molecule has 2 aromatic rings. The third-order valence-electron chi connectivity index (χ3n) is 4.08. The highest BCUT2D eigenvalue weighted by Crippen LogP contribution is 2.29. The third kappa shape index (κ3) is 6.84. The molecule has 0 aromatic heterocycles. The van der Waals surface area contributed by atoms with Crippen LogP contribution in [0.15, 0.2) is 52.3 Å². The molecule has 0 bridgehead atoms. The van der Waals surface area contributed by atoms with Crippen LogP contribution in [0.4, 0.5) is 10.5 Å². The minimum absolute atomic E-state index is 0.266. The van der Waals surface area contributed by atoms with Crippen molar-refractivity contribution in [1.29, 1.82) is 0 Å². The van der Waals surface area contributed by atoms with E-state index >= 15 is 0 Å². The summed E-state index contributed by atoms with van der Waals surface area (Å²) in [5.74, 6) is 0.488. The molecule has 144 valence electrons. The molecule has 1 atom stereocenters. The molecule has 3 amide bonds. The van der Waals surface area contributed by atoms with Gasteiger partial charge in [0.1, 0.15) is 6.04 Å². The summed E-state index contributed by atoms with van der Waals surface area (Å²) in [6.45, 7) is 4.20. The Balaban J connectivity index is 1.99. The van der Waals surface area contributed by atoms with Gasteiger partial charge in [0.2, 0.25) is 5.91 Å². The van der Waals surface area contributed by atoms with E-state index in [0.29, 0.717) is 12.1 Å². The van der Waals surface area contributed by atoms with Gasteiger partial charge in [0.15, 0.2) is 0 Å². The van der Waals surface area contributed by atoms with Gasteiger partial charge in [-0.1, -0.05) is 17.8 Å². The molecule has 0 radical (unpaired) electrons. The standard InChI is InChI=1S/C20H25N3O2S2/c1-13-4-7-17(12-14(13)2)27-16-8-5-15(6-9-16)22-19(24)18(10-11-26-3)23-20(21)25/h4-9,12,18H,10-11H2,1-3H3,(H,22,24)(H3,21,23,25). The first kappa shape index (κ1) is 21.2. The zero-order valence-corrected chi connectivity index (χ0v) is 17.4. The summed E-state index contributed by atoms with van der Waals surface area (Å²) in [7, 11) is 0. The van der Waals surface area contributed by atoms with Crippen molar-refractivity contribution in [1.82, 2.24) is 5.32 Å². The zero-order chi connectivity index (χ0) is 19.8. The van der Waals surface area contributed by atoms with Gasteiger partial charge in [0, 0.05) is 15.5 Å². The maximum Gasteiger partial charge on any atom is 0.312 e. The van der Waals surface area contributed by atoms with Crippen molar-refractivity contribution >= 4 is 41.1 Å². The Morgan fingerprint density at radius 3 is 2.30 bits per heavy atom. The van der Waals surface area contributed by atoms with Gasteiger partial charge in [0.05, 0.1) is 0 Å². The molecule has 5 nitrogen and oxygen atoms in total. The predicted octanol–water partition coefficient (Wildman–Crippen LogP) is 4.18. The van der Waals surface area contributed by atoms with E-state index in [-0.39, 0.29) is 5.91 Å². The molecule has 0 saturated heterocycles. The first-order valence-corrected chi connectivity index (χ1v) is 10.8. The summed E-state index contributed by atoms with van der Waals surface area (Å²) in [6, 6.07) is 12.7. The molecular formula is C20H25N3O2S2. The summed E-state index contributed by atoms with van der Waals surface area (Å²) in [5.41, 5.74) is 8.40. The van der Waals surface area contributed by atoms with Gasteiger partial charge >= 0.3 is 6.03 Å². The molecule has 4 N–H and O–H groups in total. The number of nitrogens with two attached hydrogens (primary N) is 1. The monoisotopic (exact) mass is 403 g/mol. The SMILES string of the molecule is CSCCC(NC(N)=O)C(=O)Nc1ccc(Sc2ccc(C)c(C)c2)cc1. The second-order valence-corrected chi connectivity index (χ2v) is 8.34. The van der Waals surface area contributed by atoms with Gasteiger partial charge < -0.3 is 16.4 Å². The summed E-state index contributed by atoms with van der Waals surface area (Å²) < 4.78 is 0. The molecule has 0 aliphatic rings. The molecular weight excluding hydrogens is 378 g/mol. The number of nitrogens with one attached hydrogen (secondary N) is 2. The second kappa shape index (κ2) is 10.3. The fraction of sp³-hybridized carbons (Fsp3) is 0.300. The quantitative estimate of drug-likeness (QED) is 0.617. The van der Waals surface area contributed by atoms with Crippen molar-refractivity contribution in [2.75, 3.05) is 17.3 Å². The van der Waals surface area contributed by atoms with Gasteiger partial charge in [-0.25, -0.2) is 4.79 Å². The zero-order valence-electron chi connectivity index (χ0n) is 15.7. The largest absolute Gasteiger partial charge is 0.352 e. The van der Waals surface area contributed by atoms with E-state index in [1.54, 1.807) is 23.5 Å². The summed E-state index contributed by atoms with van der Waals surface area (Å²) in [5, 5.41) is 5.33. The first-order valence-electron chi connectivity index (χ1n) is 8.60. The highest BCUT2D eigenvalue weighted by Gasteiger charge is 2.19. The highest BCUT2D eigenvalue weighted by molar-refractivity contribution is 7.99. The fourth-order valence-corrected chi connectivity index (χ4v) is 3.81. The van der Waals surface area contributed by atoms with E-state index in [1.165, 1.54) is 16.0 Å². The molecule has 0 heterocycles. The summed E-state index contributed by atoms with van der Waals surface area (Å²) >= 11 is 3.29. The lowest BCUT2D eigenvalue weighted by molar-refractivity contribution is -0.117. The molecule has 0 aliphatic heterocycles. The third-order valence-corrected chi connectivity index (χ3v) is 5.72. The van der Waals surface area contributed by atoms with Crippen LogP contribution < -0.4 is 16.4 Å². The molecule has 0 aliphatic carbocycles.